The van der Waals surface area contributed by atoms with E-state index in [0.717, 1.165) is 12.2 Å². The van der Waals surface area contributed by atoms with Crippen LogP contribution in [0, 0.1) is 13.8 Å². The highest BCUT2D eigenvalue weighted by molar-refractivity contribution is 5.28. The summed E-state index contributed by atoms with van der Waals surface area (Å²) in [6.07, 6.45) is 0. The van der Waals surface area contributed by atoms with Crippen LogP contribution in [0.2, 0.25) is 0 Å². The minimum atomic E-state index is 0.306. The maximum atomic E-state index is 5.08. The van der Waals surface area contributed by atoms with Crippen molar-refractivity contribution in [3.05, 3.63) is 17.0 Å². The van der Waals surface area contributed by atoms with Crippen molar-refractivity contribution in [1.29, 1.82) is 0 Å². The molecule has 0 saturated heterocycles. The van der Waals surface area contributed by atoms with Crippen molar-refractivity contribution in [1.82, 2.24) is 9.78 Å². The standard InChI is InChI=1S/C10H19N3O/c1-5-13-9(4)10(8(3)12-13)7(2)6-14-11/h7H,5-6,11H2,1-4H3. The van der Waals surface area contributed by atoms with E-state index in [2.05, 4.69) is 30.7 Å². The van der Waals surface area contributed by atoms with Gasteiger partial charge in [0.1, 0.15) is 0 Å². The molecule has 4 nitrogen and oxygen atoms in total. The summed E-state index contributed by atoms with van der Waals surface area (Å²) in [5, 5.41) is 4.45. The normalized spacial score (nSPS) is 13.2. The molecule has 0 aliphatic carbocycles. The van der Waals surface area contributed by atoms with Crippen molar-refractivity contribution in [2.45, 2.75) is 40.2 Å². The molecule has 1 aromatic heterocycles. The van der Waals surface area contributed by atoms with Crippen molar-refractivity contribution in [2.24, 2.45) is 5.90 Å². The van der Waals surface area contributed by atoms with Crippen molar-refractivity contribution < 1.29 is 4.84 Å². The predicted octanol–water partition coefficient (Wildman–Crippen LogP) is 1.51. The molecule has 1 aromatic rings. The van der Waals surface area contributed by atoms with E-state index in [0.29, 0.717) is 12.5 Å². The molecule has 0 bridgehead atoms. The number of nitrogens with two attached hydrogens (primary N) is 1. The van der Waals surface area contributed by atoms with Gasteiger partial charge in [0.15, 0.2) is 0 Å². The molecule has 4 heteroatoms. The zero-order chi connectivity index (χ0) is 10.7. The molecule has 0 aromatic carbocycles. The van der Waals surface area contributed by atoms with E-state index >= 15 is 0 Å². The van der Waals surface area contributed by atoms with Gasteiger partial charge in [-0.1, -0.05) is 6.92 Å². The second-order valence-electron chi connectivity index (χ2n) is 3.63. The molecular weight excluding hydrogens is 178 g/mol. The molecular formula is C10H19N3O. The van der Waals surface area contributed by atoms with Crippen LogP contribution in [0.3, 0.4) is 0 Å². The van der Waals surface area contributed by atoms with E-state index in [4.69, 9.17) is 5.90 Å². The first-order valence-electron chi connectivity index (χ1n) is 4.97. The predicted molar refractivity (Wildman–Crippen MR) is 55.9 cm³/mol. The lowest BCUT2D eigenvalue weighted by molar-refractivity contribution is 0.126. The largest absolute Gasteiger partial charge is 0.304 e. The molecule has 1 atom stereocenters. The fraction of sp³-hybridized carbons (Fsp3) is 0.700. The van der Waals surface area contributed by atoms with E-state index in [-0.39, 0.29) is 0 Å². The summed E-state index contributed by atoms with van der Waals surface area (Å²) in [4.78, 5) is 4.67. The Labute approximate surface area is 85.0 Å². The van der Waals surface area contributed by atoms with E-state index in [1.54, 1.807) is 0 Å². The van der Waals surface area contributed by atoms with Crippen LogP contribution >= 0.6 is 0 Å². The molecule has 0 aliphatic rings. The van der Waals surface area contributed by atoms with Gasteiger partial charge in [-0.25, -0.2) is 5.90 Å². The molecule has 0 amide bonds. The van der Waals surface area contributed by atoms with Crippen LogP contribution in [0.25, 0.3) is 0 Å². The summed E-state index contributed by atoms with van der Waals surface area (Å²) in [5.41, 5.74) is 3.56. The molecule has 2 N–H and O–H groups in total. The lowest BCUT2D eigenvalue weighted by Crippen LogP contribution is -2.10. The van der Waals surface area contributed by atoms with Crippen molar-refractivity contribution in [3.8, 4) is 0 Å². The Balaban J connectivity index is 3.01. The molecule has 0 spiro atoms. The quantitative estimate of drug-likeness (QED) is 0.744. The highest BCUT2D eigenvalue weighted by Gasteiger charge is 2.16. The summed E-state index contributed by atoms with van der Waals surface area (Å²) < 4.78 is 2.01. The van der Waals surface area contributed by atoms with Gasteiger partial charge in [-0.2, -0.15) is 5.10 Å². The first kappa shape index (κ1) is 11.2. The van der Waals surface area contributed by atoms with Crippen LogP contribution < -0.4 is 5.90 Å². The van der Waals surface area contributed by atoms with Crippen LogP contribution in [0.15, 0.2) is 0 Å². The van der Waals surface area contributed by atoms with Gasteiger partial charge in [0.05, 0.1) is 12.3 Å². The van der Waals surface area contributed by atoms with E-state index in [1.807, 2.05) is 11.6 Å². The Kier molecular flexibility index (Phi) is 3.66. The Morgan fingerprint density at radius 2 is 2.14 bits per heavy atom. The van der Waals surface area contributed by atoms with Gasteiger partial charge in [0, 0.05) is 23.7 Å². The lowest BCUT2D eigenvalue weighted by Gasteiger charge is -2.10. The maximum absolute atomic E-state index is 5.08. The SMILES string of the molecule is CCn1nc(C)c(C(C)CON)c1C. The third kappa shape index (κ3) is 1.96. The first-order chi connectivity index (χ1) is 6.61. The van der Waals surface area contributed by atoms with Crippen LogP contribution in [-0.2, 0) is 11.4 Å². The second-order valence-corrected chi connectivity index (χ2v) is 3.63. The Morgan fingerprint density at radius 3 is 2.57 bits per heavy atom. The molecule has 1 unspecified atom stereocenters. The van der Waals surface area contributed by atoms with E-state index < -0.39 is 0 Å². The molecule has 0 saturated carbocycles. The number of rotatable bonds is 4. The molecule has 14 heavy (non-hydrogen) atoms. The average molecular weight is 197 g/mol. The molecule has 0 aliphatic heterocycles. The van der Waals surface area contributed by atoms with Crippen LogP contribution in [0.5, 0.6) is 0 Å². The van der Waals surface area contributed by atoms with Gasteiger partial charge in [0.25, 0.3) is 0 Å². The zero-order valence-electron chi connectivity index (χ0n) is 9.37. The molecule has 0 fully saturated rings. The van der Waals surface area contributed by atoms with Crippen molar-refractivity contribution in [3.63, 3.8) is 0 Å². The third-order valence-electron chi connectivity index (χ3n) is 2.58. The van der Waals surface area contributed by atoms with Gasteiger partial charge in [-0.05, 0) is 20.8 Å². The Hall–Kier alpha value is -0.870. The van der Waals surface area contributed by atoms with Gasteiger partial charge in [0.2, 0.25) is 0 Å². The topological polar surface area (TPSA) is 53.1 Å². The summed E-state index contributed by atoms with van der Waals surface area (Å²) in [6, 6.07) is 0. The van der Waals surface area contributed by atoms with Crippen molar-refractivity contribution >= 4 is 0 Å². The van der Waals surface area contributed by atoms with Gasteiger partial charge in [-0.3, -0.25) is 4.68 Å². The Morgan fingerprint density at radius 1 is 1.50 bits per heavy atom. The van der Waals surface area contributed by atoms with Gasteiger partial charge >= 0.3 is 0 Å². The third-order valence-corrected chi connectivity index (χ3v) is 2.58. The number of hydrogen-bond acceptors (Lipinski definition) is 3. The van der Waals surface area contributed by atoms with E-state index in [9.17, 15) is 0 Å². The minimum absolute atomic E-state index is 0.306. The average Bonchev–Trinajstić information content (AvgIpc) is 2.41. The minimum Gasteiger partial charge on any atom is -0.304 e. The first-order valence-corrected chi connectivity index (χ1v) is 4.97. The van der Waals surface area contributed by atoms with Crippen LogP contribution in [0.1, 0.15) is 36.7 Å². The number of aryl methyl sites for hydroxylation is 2. The highest BCUT2D eigenvalue weighted by atomic mass is 16.6. The van der Waals surface area contributed by atoms with E-state index in [1.165, 1.54) is 11.3 Å². The van der Waals surface area contributed by atoms with Crippen LogP contribution in [-0.4, -0.2) is 16.4 Å². The monoisotopic (exact) mass is 197 g/mol. The lowest BCUT2D eigenvalue weighted by atomic mass is 10.0. The molecule has 1 heterocycles. The fourth-order valence-electron chi connectivity index (χ4n) is 1.96. The second kappa shape index (κ2) is 4.57. The summed E-state index contributed by atoms with van der Waals surface area (Å²) in [7, 11) is 0. The summed E-state index contributed by atoms with van der Waals surface area (Å²) in [6.45, 7) is 9.75. The summed E-state index contributed by atoms with van der Waals surface area (Å²) in [5.74, 6) is 5.38. The van der Waals surface area contributed by atoms with Gasteiger partial charge < -0.3 is 4.84 Å². The highest BCUT2D eigenvalue weighted by Crippen LogP contribution is 2.22. The van der Waals surface area contributed by atoms with Crippen LogP contribution in [0.4, 0.5) is 0 Å². The van der Waals surface area contributed by atoms with Crippen molar-refractivity contribution in [2.75, 3.05) is 6.61 Å². The fourth-order valence-corrected chi connectivity index (χ4v) is 1.96. The molecule has 0 radical (unpaired) electrons. The smallest absolute Gasteiger partial charge is 0.0746 e. The van der Waals surface area contributed by atoms with Gasteiger partial charge in [-0.15, -0.1) is 0 Å². The maximum Gasteiger partial charge on any atom is 0.0746 e. The molecule has 1 rings (SSSR count). The Bertz CT molecular complexity index is 307. The number of nitrogens with zero attached hydrogens (tertiary/aromatic N) is 2. The number of aromatic nitrogens is 2. The zero-order valence-corrected chi connectivity index (χ0v) is 9.37. The molecule has 80 valence electrons. The summed E-state index contributed by atoms with van der Waals surface area (Å²) >= 11 is 0. The number of hydrogen-bond donors (Lipinski definition) is 1.